The SMILES string of the molecule is CC(CCNC(=NCc1ccccc1)NCC(=O)N(C)C)N1CCCCC1. The van der Waals surface area contributed by atoms with Crippen molar-refractivity contribution >= 4 is 11.9 Å². The number of piperidine rings is 1. The summed E-state index contributed by atoms with van der Waals surface area (Å²) in [5.41, 5.74) is 1.15. The van der Waals surface area contributed by atoms with E-state index in [-0.39, 0.29) is 12.5 Å². The van der Waals surface area contributed by atoms with Crippen LogP contribution in [0.5, 0.6) is 0 Å². The van der Waals surface area contributed by atoms with Crippen LogP contribution in [-0.4, -0.2) is 68.0 Å². The number of hydrogen-bond donors (Lipinski definition) is 2. The minimum Gasteiger partial charge on any atom is -0.356 e. The third kappa shape index (κ3) is 7.99. The Bertz CT molecular complexity index is 581. The maximum Gasteiger partial charge on any atom is 0.241 e. The van der Waals surface area contributed by atoms with Crippen LogP contribution in [0.1, 0.15) is 38.2 Å². The molecule has 1 aliphatic rings. The van der Waals surface area contributed by atoms with E-state index in [2.05, 4.69) is 39.6 Å². The third-order valence-corrected chi connectivity index (χ3v) is 5.04. The van der Waals surface area contributed by atoms with Crippen LogP contribution in [0, 0.1) is 0 Å². The van der Waals surface area contributed by atoms with E-state index in [9.17, 15) is 4.79 Å². The van der Waals surface area contributed by atoms with Crippen LogP contribution in [0.2, 0.25) is 0 Å². The van der Waals surface area contributed by atoms with Gasteiger partial charge in [0.2, 0.25) is 5.91 Å². The van der Waals surface area contributed by atoms with Crippen molar-refractivity contribution in [2.45, 2.75) is 45.2 Å². The maximum atomic E-state index is 11.9. The predicted octanol–water partition coefficient (Wildman–Crippen LogP) is 2.07. The van der Waals surface area contributed by atoms with Gasteiger partial charge in [-0.15, -0.1) is 0 Å². The molecule has 0 aliphatic carbocycles. The summed E-state index contributed by atoms with van der Waals surface area (Å²) in [7, 11) is 3.52. The second-order valence-electron chi connectivity index (χ2n) is 7.45. The molecule has 1 aromatic carbocycles. The summed E-state index contributed by atoms with van der Waals surface area (Å²) in [5.74, 6) is 0.728. The average Bonchev–Trinajstić information content (AvgIpc) is 2.70. The van der Waals surface area contributed by atoms with E-state index in [1.807, 2.05) is 18.2 Å². The second kappa shape index (κ2) is 11.6. The van der Waals surface area contributed by atoms with E-state index in [4.69, 9.17) is 0 Å². The smallest absolute Gasteiger partial charge is 0.241 e. The molecule has 150 valence electrons. The van der Waals surface area contributed by atoms with Gasteiger partial charge < -0.3 is 20.4 Å². The van der Waals surface area contributed by atoms with Crippen molar-refractivity contribution in [1.29, 1.82) is 0 Å². The lowest BCUT2D eigenvalue weighted by atomic mass is 10.1. The van der Waals surface area contributed by atoms with Gasteiger partial charge in [-0.1, -0.05) is 36.8 Å². The summed E-state index contributed by atoms with van der Waals surface area (Å²) in [5, 5.41) is 6.55. The zero-order chi connectivity index (χ0) is 19.5. The van der Waals surface area contributed by atoms with Crippen molar-refractivity contribution in [3.63, 3.8) is 0 Å². The fourth-order valence-electron chi connectivity index (χ4n) is 3.19. The van der Waals surface area contributed by atoms with Crippen LogP contribution < -0.4 is 10.6 Å². The summed E-state index contributed by atoms with van der Waals surface area (Å²) in [6.45, 7) is 6.41. The molecule has 1 fully saturated rings. The van der Waals surface area contributed by atoms with Gasteiger partial charge in [0.25, 0.3) is 0 Å². The first-order valence-corrected chi connectivity index (χ1v) is 10.1. The van der Waals surface area contributed by atoms with Gasteiger partial charge in [-0.2, -0.15) is 0 Å². The summed E-state index contributed by atoms with van der Waals surface area (Å²) in [6.07, 6.45) is 5.06. The van der Waals surface area contributed by atoms with Crippen LogP contribution in [0.4, 0.5) is 0 Å². The standard InChI is InChI=1S/C21H35N5O/c1-18(26-14-8-5-9-15-26)12-13-22-21(24-17-20(27)25(2)3)23-16-19-10-6-4-7-11-19/h4,6-7,10-11,18H,5,8-9,12-17H2,1-3H3,(H2,22,23,24). The Morgan fingerprint density at radius 3 is 2.52 bits per heavy atom. The first kappa shape index (κ1) is 21.2. The van der Waals surface area contributed by atoms with Crippen LogP contribution in [0.25, 0.3) is 0 Å². The van der Waals surface area contributed by atoms with Gasteiger partial charge in [-0.05, 0) is 44.8 Å². The molecule has 1 saturated heterocycles. The maximum absolute atomic E-state index is 11.9. The van der Waals surface area contributed by atoms with E-state index in [0.717, 1.165) is 18.5 Å². The summed E-state index contributed by atoms with van der Waals surface area (Å²) in [6, 6.07) is 10.7. The molecule has 1 aliphatic heterocycles. The van der Waals surface area contributed by atoms with E-state index < -0.39 is 0 Å². The fourth-order valence-corrected chi connectivity index (χ4v) is 3.19. The second-order valence-corrected chi connectivity index (χ2v) is 7.45. The van der Waals surface area contributed by atoms with Crippen LogP contribution in [0.15, 0.2) is 35.3 Å². The molecule has 6 heteroatoms. The molecule has 2 N–H and O–H groups in total. The highest BCUT2D eigenvalue weighted by atomic mass is 16.2. The zero-order valence-electron chi connectivity index (χ0n) is 17.1. The number of nitrogens with one attached hydrogen (secondary N) is 2. The highest BCUT2D eigenvalue weighted by Gasteiger charge is 2.16. The van der Waals surface area contributed by atoms with Crippen molar-refractivity contribution in [2.24, 2.45) is 4.99 Å². The number of likely N-dealkylation sites (N-methyl/N-ethyl adjacent to an activating group) is 1. The van der Waals surface area contributed by atoms with Crippen molar-refractivity contribution in [3.8, 4) is 0 Å². The van der Waals surface area contributed by atoms with Crippen molar-refractivity contribution in [1.82, 2.24) is 20.4 Å². The molecule has 0 radical (unpaired) electrons. The molecule has 1 amide bonds. The lowest BCUT2D eigenvalue weighted by molar-refractivity contribution is -0.127. The first-order valence-electron chi connectivity index (χ1n) is 10.1. The Labute approximate surface area is 164 Å². The summed E-state index contributed by atoms with van der Waals surface area (Å²) < 4.78 is 0. The van der Waals surface area contributed by atoms with Crippen LogP contribution in [0.3, 0.4) is 0 Å². The van der Waals surface area contributed by atoms with Gasteiger partial charge in [0.15, 0.2) is 5.96 Å². The normalized spacial score (nSPS) is 16.6. The van der Waals surface area contributed by atoms with Gasteiger partial charge in [0, 0.05) is 26.7 Å². The average molecular weight is 374 g/mol. The monoisotopic (exact) mass is 373 g/mol. The summed E-state index contributed by atoms with van der Waals surface area (Å²) >= 11 is 0. The van der Waals surface area contributed by atoms with Gasteiger partial charge in [0.05, 0.1) is 13.1 Å². The van der Waals surface area contributed by atoms with Crippen molar-refractivity contribution in [3.05, 3.63) is 35.9 Å². The first-order chi connectivity index (χ1) is 13.1. The molecule has 1 heterocycles. The highest BCUT2D eigenvalue weighted by molar-refractivity contribution is 5.86. The molecular formula is C21H35N5O. The predicted molar refractivity (Wildman–Crippen MR) is 112 cm³/mol. The highest BCUT2D eigenvalue weighted by Crippen LogP contribution is 2.13. The van der Waals surface area contributed by atoms with E-state index in [1.165, 1.54) is 32.4 Å². The van der Waals surface area contributed by atoms with Gasteiger partial charge >= 0.3 is 0 Å². The molecule has 1 atom stereocenters. The van der Waals surface area contributed by atoms with E-state index in [0.29, 0.717) is 18.5 Å². The van der Waals surface area contributed by atoms with Crippen LogP contribution >= 0.6 is 0 Å². The van der Waals surface area contributed by atoms with Gasteiger partial charge in [-0.3, -0.25) is 4.79 Å². The molecule has 0 aromatic heterocycles. The van der Waals surface area contributed by atoms with Gasteiger partial charge in [0.1, 0.15) is 0 Å². The number of carbonyl (C=O) groups excluding carboxylic acids is 1. The Morgan fingerprint density at radius 2 is 1.85 bits per heavy atom. The number of amides is 1. The van der Waals surface area contributed by atoms with E-state index >= 15 is 0 Å². The molecule has 0 bridgehead atoms. The number of rotatable bonds is 8. The Morgan fingerprint density at radius 1 is 1.15 bits per heavy atom. The lowest BCUT2D eigenvalue weighted by Gasteiger charge is -2.32. The number of benzene rings is 1. The van der Waals surface area contributed by atoms with Crippen molar-refractivity contribution < 1.29 is 4.79 Å². The number of nitrogens with zero attached hydrogens (tertiary/aromatic N) is 3. The Balaban J connectivity index is 1.85. The number of aliphatic imine (C=N–C) groups is 1. The lowest BCUT2D eigenvalue weighted by Crippen LogP contribution is -2.45. The number of carbonyl (C=O) groups is 1. The molecule has 1 aromatic rings. The Kier molecular flexibility index (Phi) is 9.11. The zero-order valence-corrected chi connectivity index (χ0v) is 17.1. The number of hydrogen-bond acceptors (Lipinski definition) is 3. The quantitative estimate of drug-likeness (QED) is 0.541. The molecule has 1 unspecified atom stereocenters. The third-order valence-electron chi connectivity index (χ3n) is 5.04. The molecule has 0 saturated carbocycles. The molecular weight excluding hydrogens is 338 g/mol. The fraction of sp³-hybridized carbons (Fsp3) is 0.619. The largest absolute Gasteiger partial charge is 0.356 e. The minimum absolute atomic E-state index is 0.0332. The van der Waals surface area contributed by atoms with Crippen molar-refractivity contribution in [2.75, 3.05) is 40.3 Å². The molecule has 27 heavy (non-hydrogen) atoms. The van der Waals surface area contributed by atoms with Crippen LogP contribution in [-0.2, 0) is 11.3 Å². The molecule has 2 rings (SSSR count). The molecule has 0 spiro atoms. The summed E-state index contributed by atoms with van der Waals surface area (Å²) in [4.78, 5) is 20.7. The molecule has 6 nitrogen and oxygen atoms in total. The topological polar surface area (TPSA) is 60.0 Å². The minimum atomic E-state index is 0.0332. The Hall–Kier alpha value is -2.08. The number of guanidine groups is 1. The number of likely N-dealkylation sites (tertiary alicyclic amines) is 1. The van der Waals surface area contributed by atoms with Gasteiger partial charge in [-0.25, -0.2) is 4.99 Å². The van der Waals surface area contributed by atoms with E-state index in [1.54, 1.807) is 19.0 Å².